The first-order chi connectivity index (χ1) is 8.51. The second-order valence-corrected chi connectivity index (χ2v) is 7.38. The summed E-state index contributed by atoms with van der Waals surface area (Å²) in [4.78, 5) is 0.384. The molecule has 1 aromatic heterocycles. The zero-order valence-electron chi connectivity index (χ0n) is 9.67. The van der Waals surface area contributed by atoms with Crippen molar-refractivity contribution in [3.8, 4) is 6.07 Å². The molecule has 0 aromatic carbocycles. The van der Waals surface area contributed by atoms with E-state index in [1.54, 1.807) is 0 Å². The molecule has 0 radical (unpaired) electrons. The Kier molecular flexibility index (Phi) is 4.02. The van der Waals surface area contributed by atoms with Gasteiger partial charge in [0, 0.05) is 6.04 Å². The molecule has 0 aliphatic heterocycles. The molecule has 1 aliphatic carbocycles. The number of sulfonamides is 1. The van der Waals surface area contributed by atoms with Gasteiger partial charge in [-0.25, -0.2) is 13.1 Å². The van der Waals surface area contributed by atoms with Crippen LogP contribution in [0.3, 0.4) is 0 Å². The van der Waals surface area contributed by atoms with Crippen molar-refractivity contribution in [2.75, 3.05) is 0 Å². The summed E-state index contributed by atoms with van der Waals surface area (Å²) in [5, 5.41) is 18.1. The van der Waals surface area contributed by atoms with Crippen LogP contribution in [0, 0.1) is 11.3 Å². The van der Waals surface area contributed by atoms with E-state index in [2.05, 4.69) is 4.72 Å². The highest BCUT2D eigenvalue weighted by Gasteiger charge is 2.25. The van der Waals surface area contributed by atoms with Gasteiger partial charge in [0.1, 0.15) is 15.2 Å². The van der Waals surface area contributed by atoms with E-state index in [0.29, 0.717) is 30.6 Å². The molecule has 1 aromatic rings. The maximum absolute atomic E-state index is 12.0. The second kappa shape index (κ2) is 5.36. The topological polar surface area (TPSA) is 90.2 Å². The van der Waals surface area contributed by atoms with Crippen molar-refractivity contribution < 1.29 is 13.5 Å². The summed E-state index contributed by atoms with van der Waals surface area (Å²) in [6.07, 6.45) is 2.24. The van der Waals surface area contributed by atoms with Gasteiger partial charge in [0.05, 0.1) is 6.10 Å². The van der Waals surface area contributed by atoms with Crippen molar-refractivity contribution >= 4 is 21.4 Å². The summed E-state index contributed by atoms with van der Waals surface area (Å²) in [5.41, 5.74) is 0. The highest BCUT2D eigenvalue weighted by molar-refractivity contribution is 7.91. The van der Waals surface area contributed by atoms with Crippen molar-refractivity contribution in [3.63, 3.8) is 0 Å². The summed E-state index contributed by atoms with van der Waals surface area (Å²) < 4.78 is 26.9. The second-order valence-electron chi connectivity index (χ2n) is 4.36. The molecule has 18 heavy (non-hydrogen) atoms. The number of hydrogen-bond donors (Lipinski definition) is 2. The Morgan fingerprint density at radius 3 is 2.56 bits per heavy atom. The molecule has 0 bridgehead atoms. The Bertz CT molecular complexity index is 551. The van der Waals surface area contributed by atoms with Crippen LogP contribution in [0.2, 0.25) is 0 Å². The van der Waals surface area contributed by atoms with Gasteiger partial charge in [0.25, 0.3) is 0 Å². The standard InChI is InChI=1S/C11H14N2O3S2/c12-7-10-5-6-11(17-10)18(15,16)13-8-1-3-9(14)4-2-8/h5-6,8-9,13-14H,1-4H2. The molecule has 98 valence electrons. The van der Waals surface area contributed by atoms with Crippen LogP contribution >= 0.6 is 11.3 Å². The lowest BCUT2D eigenvalue weighted by atomic mass is 9.94. The van der Waals surface area contributed by atoms with Crippen LogP contribution in [-0.4, -0.2) is 25.7 Å². The average Bonchev–Trinajstić information content (AvgIpc) is 2.81. The maximum Gasteiger partial charge on any atom is 0.250 e. The fraction of sp³-hybridized carbons (Fsp3) is 0.545. The quantitative estimate of drug-likeness (QED) is 0.873. The summed E-state index contributed by atoms with van der Waals surface area (Å²) in [7, 11) is -3.53. The molecule has 0 saturated heterocycles. The molecule has 0 atom stereocenters. The monoisotopic (exact) mass is 286 g/mol. The van der Waals surface area contributed by atoms with E-state index in [-0.39, 0.29) is 16.4 Å². The Hall–Kier alpha value is -0.940. The van der Waals surface area contributed by atoms with Crippen molar-refractivity contribution in [1.29, 1.82) is 5.26 Å². The predicted octanol–water partition coefficient (Wildman–Crippen LogP) is 1.20. The van der Waals surface area contributed by atoms with Gasteiger partial charge in [-0.3, -0.25) is 0 Å². The maximum atomic E-state index is 12.0. The zero-order valence-corrected chi connectivity index (χ0v) is 11.3. The van der Waals surface area contributed by atoms with Gasteiger partial charge in [-0.2, -0.15) is 5.26 Å². The van der Waals surface area contributed by atoms with E-state index < -0.39 is 10.0 Å². The predicted molar refractivity (Wildman–Crippen MR) is 67.6 cm³/mol. The molecule has 0 spiro atoms. The fourth-order valence-electron chi connectivity index (χ4n) is 2.00. The lowest BCUT2D eigenvalue weighted by Gasteiger charge is -2.25. The molecule has 1 heterocycles. The van der Waals surface area contributed by atoms with Gasteiger partial charge >= 0.3 is 0 Å². The minimum atomic E-state index is -3.53. The zero-order chi connectivity index (χ0) is 13.2. The number of aliphatic hydroxyl groups is 1. The number of nitrogens with zero attached hydrogens (tertiary/aromatic N) is 1. The lowest BCUT2D eigenvalue weighted by molar-refractivity contribution is 0.120. The third-order valence-electron chi connectivity index (χ3n) is 2.97. The van der Waals surface area contributed by atoms with Crippen LogP contribution in [0.1, 0.15) is 30.6 Å². The van der Waals surface area contributed by atoms with E-state index in [0.717, 1.165) is 11.3 Å². The van der Waals surface area contributed by atoms with Crippen LogP contribution in [-0.2, 0) is 10.0 Å². The van der Waals surface area contributed by atoms with E-state index in [1.807, 2.05) is 6.07 Å². The van der Waals surface area contributed by atoms with E-state index in [9.17, 15) is 13.5 Å². The van der Waals surface area contributed by atoms with Crippen molar-refractivity contribution in [3.05, 3.63) is 17.0 Å². The molecule has 7 heteroatoms. The molecule has 1 fully saturated rings. The molecular formula is C11H14N2O3S2. The van der Waals surface area contributed by atoms with Gasteiger partial charge in [-0.05, 0) is 37.8 Å². The van der Waals surface area contributed by atoms with E-state index in [4.69, 9.17) is 5.26 Å². The summed E-state index contributed by atoms with van der Waals surface area (Å²) in [6.45, 7) is 0. The Labute approximate surface area is 110 Å². The Balaban J connectivity index is 2.06. The minimum absolute atomic E-state index is 0.119. The summed E-state index contributed by atoms with van der Waals surface area (Å²) >= 11 is 0.968. The van der Waals surface area contributed by atoms with Crippen molar-refractivity contribution in [2.24, 2.45) is 0 Å². The van der Waals surface area contributed by atoms with Crippen LogP contribution in [0.25, 0.3) is 0 Å². The minimum Gasteiger partial charge on any atom is -0.393 e. The van der Waals surface area contributed by atoms with Gasteiger partial charge in [-0.1, -0.05) is 0 Å². The van der Waals surface area contributed by atoms with Crippen LogP contribution in [0.5, 0.6) is 0 Å². The van der Waals surface area contributed by atoms with Crippen LogP contribution in [0.4, 0.5) is 0 Å². The molecule has 5 nitrogen and oxygen atoms in total. The SMILES string of the molecule is N#Cc1ccc(S(=O)(=O)NC2CCC(O)CC2)s1. The molecule has 2 rings (SSSR count). The number of nitriles is 1. The average molecular weight is 286 g/mol. The highest BCUT2D eigenvalue weighted by atomic mass is 32.2. The van der Waals surface area contributed by atoms with Gasteiger partial charge in [0.2, 0.25) is 10.0 Å². The Morgan fingerprint density at radius 1 is 1.33 bits per heavy atom. The molecule has 1 saturated carbocycles. The van der Waals surface area contributed by atoms with Crippen LogP contribution < -0.4 is 4.72 Å². The van der Waals surface area contributed by atoms with Gasteiger partial charge in [0.15, 0.2) is 0 Å². The first-order valence-corrected chi connectivity index (χ1v) is 8.01. The van der Waals surface area contributed by atoms with E-state index >= 15 is 0 Å². The lowest BCUT2D eigenvalue weighted by Crippen LogP contribution is -2.38. The van der Waals surface area contributed by atoms with Crippen LogP contribution in [0.15, 0.2) is 16.3 Å². The smallest absolute Gasteiger partial charge is 0.250 e. The number of rotatable bonds is 3. The molecule has 0 unspecified atom stereocenters. The summed E-state index contributed by atoms with van der Waals surface area (Å²) in [5.74, 6) is 0. The first-order valence-electron chi connectivity index (χ1n) is 5.71. The number of aliphatic hydroxyl groups excluding tert-OH is 1. The number of thiophene rings is 1. The van der Waals surface area contributed by atoms with E-state index in [1.165, 1.54) is 12.1 Å². The first kappa shape index (κ1) is 13.5. The normalized spacial score (nSPS) is 24.7. The largest absolute Gasteiger partial charge is 0.393 e. The Morgan fingerprint density at radius 2 is 2.00 bits per heavy atom. The number of nitrogens with one attached hydrogen (secondary N) is 1. The molecule has 2 N–H and O–H groups in total. The number of hydrogen-bond acceptors (Lipinski definition) is 5. The molecule has 0 amide bonds. The fourth-order valence-corrected chi connectivity index (χ4v) is 4.42. The molecular weight excluding hydrogens is 272 g/mol. The third-order valence-corrected chi connectivity index (χ3v) is 5.98. The molecule has 1 aliphatic rings. The van der Waals surface area contributed by atoms with Crippen molar-refractivity contribution in [1.82, 2.24) is 4.72 Å². The third kappa shape index (κ3) is 3.09. The highest BCUT2D eigenvalue weighted by Crippen LogP contribution is 2.24. The van der Waals surface area contributed by atoms with Gasteiger partial charge in [-0.15, -0.1) is 11.3 Å². The summed E-state index contributed by atoms with van der Waals surface area (Å²) in [6, 6.07) is 4.75. The van der Waals surface area contributed by atoms with Gasteiger partial charge < -0.3 is 5.11 Å². The van der Waals surface area contributed by atoms with Crippen molar-refractivity contribution in [2.45, 2.75) is 42.0 Å².